The van der Waals surface area contributed by atoms with Crippen molar-refractivity contribution in [3.63, 3.8) is 0 Å². The van der Waals surface area contributed by atoms with Crippen LogP contribution in [0.5, 0.6) is 0 Å². The smallest absolute Gasteiger partial charge is 0.126 e. The lowest BCUT2D eigenvalue weighted by Gasteiger charge is -2.21. The van der Waals surface area contributed by atoms with Gasteiger partial charge in [-0.05, 0) is 32.8 Å². The molecule has 1 aromatic rings. The zero-order valence-corrected chi connectivity index (χ0v) is 9.12. The molecule has 1 unspecified atom stereocenters. The average molecular weight is 198 g/mol. The van der Waals surface area contributed by atoms with Gasteiger partial charge in [-0.3, -0.25) is 9.98 Å². The molecule has 1 spiro atoms. The van der Waals surface area contributed by atoms with Gasteiger partial charge in [0, 0.05) is 17.0 Å². The molecule has 1 aromatic carbocycles. The van der Waals surface area contributed by atoms with Gasteiger partial charge in [0.15, 0.2) is 0 Å². The minimum absolute atomic E-state index is 0.110. The number of hydrogen-bond donors (Lipinski definition) is 0. The minimum atomic E-state index is -0.110. The quantitative estimate of drug-likeness (QED) is 0.611. The van der Waals surface area contributed by atoms with E-state index in [0.29, 0.717) is 0 Å². The van der Waals surface area contributed by atoms with E-state index in [0.717, 1.165) is 24.2 Å². The lowest BCUT2D eigenvalue weighted by Crippen LogP contribution is -2.26. The van der Waals surface area contributed by atoms with Gasteiger partial charge < -0.3 is 0 Å². The molecule has 2 nitrogen and oxygen atoms in total. The molecule has 0 aliphatic carbocycles. The Morgan fingerprint density at radius 3 is 2.73 bits per heavy atom. The maximum Gasteiger partial charge on any atom is 0.126 e. The second kappa shape index (κ2) is 2.78. The second-order valence-electron chi connectivity index (χ2n) is 4.42. The molecule has 0 radical (unpaired) electrons. The predicted molar refractivity (Wildman–Crippen MR) is 63.2 cm³/mol. The van der Waals surface area contributed by atoms with E-state index in [1.54, 1.807) is 0 Å². The van der Waals surface area contributed by atoms with Crippen molar-refractivity contribution < 1.29 is 0 Å². The highest BCUT2D eigenvalue weighted by Gasteiger charge is 2.43. The fourth-order valence-corrected chi connectivity index (χ4v) is 2.65. The van der Waals surface area contributed by atoms with Gasteiger partial charge in [0.25, 0.3) is 0 Å². The van der Waals surface area contributed by atoms with E-state index in [4.69, 9.17) is 4.99 Å². The molecule has 76 valence electrons. The molecule has 0 saturated heterocycles. The van der Waals surface area contributed by atoms with Crippen LogP contribution in [0.15, 0.2) is 34.3 Å². The standard InChI is InChI=1S/C13H14N2/c1-9-7-8-13(15-9)10(2)14-12-6-4-3-5-11(12)13/h3-6H,7-8H2,1-2H3. The Hall–Kier alpha value is -1.44. The zero-order valence-electron chi connectivity index (χ0n) is 9.12. The monoisotopic (exact) mass is 198 g/mol. The lowest BCUT2D eigenvalue weighted by molar-refractivity contribution is 0.614. The van der Waals surface area contributed by atoms with Gasteiger partial charge in [0.2, 0.25) is 0 Å². The van der Waals surface area contributed by atoms with Crippen LogP contribution in [0, 0.1) is 0 Å². The summed E-state index contributed by atoms with van der Waals surface area (Å²) in [6.07, 6.45) is 2.19. The number of para-hydroxylation sites is 1. The second-order valence-corrected chi connectivity index (χ2v) is 4.42. The third-order valence-electron chi connectivity index (χ3n) is 3.47. The largest absolute Gasteiger partial charge is 0.277 e. The summed E-state index contributed by atoms with van der Waals surface area (Å²) in [6.45, 7) is 4.21. The van der Waals surface area contributed by atoms with Crippen LogP contribution in [-0.2, 0) is 5.54 Å². The van der Waals surface area contributed by atoms with Crippen molar-refractivity contribution >= 4 is 17.1 Å². The van der Waals surface area contributed by atoms with Crippen LogP contribution in [0.25, 0.3) is 0 Å². The van der Waals surface area contributed by atoms with Crippen molar-refractivity contribution in [1.29, 1.82) is 0 Å². The Morgan fingerprint density at radius 1 is 1.20 bits per heavy atom. The molecule has 3 rings (SSSR count). The molecule has 2 heteroatoms. The van der Waals surface area contributed by atoms with Crippen molar-refractivity contribution in [2.45, 2.75) is 32.2 Å². The summed E-state index contributed by atoms with van der Waals surface area (Å²) in [6, 6.07) is 8.37. The summed E-state index contributed by atoms with van der Waals surface area (Å²) in [7, 11) is 0. The van der Waals surface area contributed by atoms with E-state index < -0.39 is 0 Å². The van der Waals surface area contributed by atoms with E-state index >= 15 is 0 Å². The Bertz CT molecular complexity index is 485. The number of benzene rings is 1. The molecule has 0 aromatic heterocycles. The SMILES string of the molecule is CC1=NC2(CC1)C(C)=Nc1ccccc12. The van der Waals surface area contributed by atoms with Gasteiger partial charge in [-0.2, -0.15) is 0 Å². The van der Waals surface area contributed by atoms with Crippen LogP contribution >= 0.6 is 0 Å². The summed E-state index contributed by atoms with van der Waals surface area (Å²) in [5.74, 6) is 0. The highest BCUT2D eigenvalue weighted by atomic mass is 15.0. The van der Waals surface area contributed by atoms with Gasteiger partial charge in [-0.15, -0.1) is 0 Å². The fourth-order valence-electron chi connectivity index (χ4n) is 2.65. The number of nitrogens with zero attached hydrogens (tertiary/aromatic N) is 2. The van der Waals surface area contributed by atoms with Crippen LogP contribution in [-0.4, -0.2) is 11.4 Å². The summed E-state index contributed by atoms with van der Waals surface area (Å²) in [5, 5.41) is 0. The number of fused-ring (bicyclic) bond motifs is 2. The van der Waals surface area contributed by atoms with E-state index in [9.17, 15) is 0 Å². The first-order chi connectivity index (χ1) is 7.22. The molecule has 15 heavy (non-hydrogen) atoms. The first-order valence-electron chi connectivity index (χ1n) is 5.43. The van der Waals surface area contributed by atoms with Crippen molar-refractivity contribution in [2.24, 2.45) is 9.98 Å². The van der Waals surface area contributed by atoms with E-state index in [-0.39, 0.29) is 5.54 Å². The van der Waals surface area contributed by atoms with Gasteiger partial charge >= 0.3 is 0 Å². The molecule has 0 fully saturated rings. The third kappa shape index (κ3) is 1.05. The lowest BCUT2D eigenvalue weighted by atomic mass is 9.86. The van der Waals surface area contributed by atoms with E-state index in [1.807, 2.05) is 6.07 Å². The van der Waals surface area contributed by atoms with Crippen LogP contribution in [0.1, 0.15) is 32.3 Å². The van der Waals surface area contributed by atoms with Crippen LogP contribution in [0.3, 0.4) is 0 Å². The average Bonchev–Trinajstić information content (AvgIpc) is 2.73. The molecule has 2 heterocycles. The maximum atomic E-state index is 4.83. The zero-order chi connectivity index (χ0) is 10.5. The van der Waals surface area contributed by atoms with Gasteiger partial charge in [0.05, 0.1) is 5.69 Å². The number of rotatable bonds is 0. The highest BCUT2D eigenvalue weighted by Crippen LogP contribution is 2.46. The number of aliphatic imine (C=N–C) groups is 2. The molecular weight excluding hydrogens is 184 g/mol. The Balaban J connectivity index is 2.24. The summed E-state index contributed by atoms with van der Waals surface area (Å²) < 4.78 is 0. The van der Waals surface area contributed by atoms with Gasteiger partial charge in [-0.1, -0.05) is 18.2 Å². The molecule has 0 saturated carbocycles. The normalized spacial score (nSPS) is 27.9. The molecular formula is C13H14N2. The van der Waals surface area contributed by atoms with Crippen molar-refractivity contribution in [1.82, 2.24) is 0 Å². The molecule has 2 aliphatic heterocycles. The molecule has 1 atom stereocenters. The summed E-state index contributed by atoms with van der Waals surface area (Å²) in [4.78, 5) is 9.46. The van der Waals surface area contributed by atoms with E-state index in [2.05, 4.69) is 37.0 Å². The van der Waals surface area contributed by atoms with Crippen molar-refractivity contribution in [3.05, 3.63) is 29.8 Å². The third-order valence-corrected chi connectivity index (χ3v) is 3.47. The van der Waals surface area contributed by atoms with E-state index in [1.165, 1.54) is 11.3 Å². The topological polar surface area (TPSA) is 24.7 Å². The van der Waals surface area contributed by atoms with Gasteiger partial charge in [-0.25, -0.2) is 0 Å². The fraction of sp³-hybridized carbons (Fsp3) is 0.385. The molecule has 0 bridgehead atoms. The first kappa shape index (κ1) is 8.84. The minimum Gasteiger partial charge on any atom is -0.277 e. The number of hydrogen-bond acceptors (Lipinski definition) is 2. The molecule has 0 N–H and O–H groups in total. The van der Waals surface area contributed by atoms with Crippen LogP contribution in [0.2, 0.25) is 0 Å². The van der Waals surface area contributed by atoms with Crippen LogP contribution in [0.4, 0.5) is 5.69 Å². The predicted octanol–water partition coefficient (Wildman–Crippen LogP) is 3.24. The Morgan fingerprint density at radius 2 is 2.00 bits per heavy atom. The Labute approximate surface area is 89.8 Å². The van der Waals surface area contributed by atoms with Crippen molar-refractivity contribution in [3.8, 4) is 0 Å². The molecule has 0 amide bonds. The molecule has 2 aliphatic rings. The first-order valence-corrected chi connectivity index (χ1v) is 5.43. The highest BCUT2D eigenvalue weighted by molar-refractivity contribution is 6.03. The summed E-state index contributed by atoms with van der Waals surface area (Å²) in [5.41, 5.74) is 4.69. The Kier molecular flexibility index (Phi) is 1.64. The summed E-state index contributed by atoms with van der Waals surface area (Å²) >= 11 is 0. The maximum absolute atomic E-state index is 4.83. The van der Waals surface area contributed by atoms with Gasteiger partial charge in [0.1, 0.15) is 5.54 Å². The van der Waals surface area contributed by atoms with Crippen molar-refractivity contribution in [2.75, 3.05) is 0 Å². The van der Waals surface area contributed by atoms with Crippen LogP contribution < -0.4 is 0 Å².